The summed E-state index contributed by atoms with van der Waals surface area (Å²) in [6.07, 6.45) is 0. The van der Waals surface area contributed by atoms with Gasteiger partial charge in [0.25, 0.3) is 0 Å². The summed E-state index contributed by atoms with van der Waals surface area (Å²) in [5, 5.41) is 0. The predicted molar refractivity (Wildman–Crippen MR) is 71.2 cm³/mol. The van der Waals surface area contributed by atoms with Gasteiger partial charge in [0, 0.05) is 6.07 Å². The fourth-order valence-electron chi connectivity index (χ4n) is 1.58. The number of nitrogens with one attached hydrogen (secondary N) is 1. The third-order valence-corrected chi connectivity index (χ3v) is 2.97. The van der Waals surface area contributed by atoms with Gasteiger partial charge >= 0.3 is 0 Å². The van der Waals surface area contributed by atoms with Crippen molar-refractivity contribution in [2.75, 3.05) is 12.8 Å². The molecule has 0 spiro atoms. The Bertz CT molecular complexity index is 608. The van der Waals surface area contributed by atoms with E-state index in [1.54, 1.807) is 13.2 Å². The van der Waals surface area contributed by atoms with Crippen molar-refractivity contribution in [1.82, 2.24) is 4.98 Å². The number of halogens is 1. The van der Waals surface area contributed by atoms with Gasteiger partial charge in [-0.1, -0.05) is 6.07 Å². The van der Waals surface area contributed by atoms with E-state index in [0.29, 0.717) is 5.82 Å². The van der Waals surface area contributed by atoms with Crippen molar-refractivity contribution in [2.45, 2.75) is 0 Å². The molecule has 0 atom stereocenters. The van der Waals surface area contributed by atoms with E-state index in [4.69, 9.17) is 10.5 Å². The van der Waals surface area contributed by atoms with Gasteiger partial charge in [-0.15, -0.1) is 0 Å². The monoisotopic (exact) mass is 294 g/mol. The molecular weight excluding hydrogens is 284 g/mol. The first-order valence-corrected chi connectivity index (χ1v) is 5.73. The Kier molecular flexibility index (Phi) is 3.19. The van der Waals surface area contributed by atoms with Crippen molar-refractivity contribution < 1.29 is 4.74 Å². The molecule has 4 nitrogen and oxygen atoms in total. The zero-order valence-corrected chi connectivity index (χ0v) is 10.7. The van der Waals surface area contributed by atoms with E-state index in [1.165, 1.54) is 6.07 Å². The molecule has 0 bridgehead atoms. The Balaban J connectivity index is 2.53. The van der Waals surface area contributed by atoms with Gasteiger partial charge in [-0.05, 0) is 45.3 Å². The number of ether oxygens (including phenoxy) is 1. The van der Waals surface area contributed by atoms with Crippen molar-refractivity contribution in [3.8, 4) is 16.9 Å². The standard InChI is InChI=1S/C12H11BrN2O2/c1-17-10-3-2-7(4-9(10)13)8-5-11(14)15-12(16)6-8/h2-6H,1H3,(H3,14,15,16). The van der Waals surface area contributed by atoms with E-state index in [0.717, 1.165) is 21.3 Å². The average molecular weight is 295 g/mol. The zero-order valence-electron chi connectivity index (χ0n) is 9.16. The first-order valence-electron chi connectivity index (χ1n) is 4.94. The number of aromatic nitrogens is 1. The smallest absolute Gasteiger partial charge is 0.250 e. The number of anilines is 1. The molecule has 5 heteroatoms. The second-order valence-electron chi connectivity index (χ2n) is 3.54. The lowest BCUT2D eigenvalue weighted by molar-refractivity contribution is 0.412. The van der Waals surface area contributed by atoms with Gasteiger partial charge < -0.3 is 15.5 Å². The third-order valence-electron chi connectivity index (χ3n) is 2.35. The minimum Gasteiger partial charge on any atom is -0.496 e. The summed E-state index contributed by atoms with van der Waals surface area (Å²) in [5.74, 6) is 1.09. The quantitative estimate of drug-likeness (QED) is 0.894. The lowest BCUT2D eigenvalue weighted by Crippen LogP contribution is -2.07. The topological polar surface area (TPSA) is 68.1 Å². The maximum atomic E-state index is 11.3. The van der Waals surface area contributed by atoms with Crippen molar-refractivity contribution in [1.29, 1.82) is 0 Å². The molecule has 1 aromatic heterocycles. The first-order chi connectivity index (χ1) is 8.10. The number of hydrogen-bond acceptors (Lipinski definition) is 3. The summed E-state index contributed by atoms with van der Waals surface area (Å²) in [6, 6.07) is 8.81. The Morgan fingerprint density at radius 3 is 2.59 bits per heavy atom. The minimum absolute atomic E-state index is 0.216. The van der Waals surface area contributed by atoms with Gasteiger partial charge in [0.1, 0.15) is 11.6 Å². The van der Waals surface area contributed by atoms with Crippen LogP contribution >= 0.6 is 15.9 Å². The molecular formula is C12H11BrN2O2. The zero-order chi connectivity index (χ0) is 12.4. The van der Waals surface area contributed by atoms with Crippen LogP contribution in [0.5, 0.6) is 5.75 Å². The number of methoxy groups -OCH3 is 1. The van der Waals surface area contributed by atoms with Crippen LogP contribution in [0.15, 0.2) is 39.6 Å². The molecule has 2 rings (SSSR count). The van der Waals surface area contributed by atoms with E-state index < -0.39 is 0 Å². The van der Waals surface area contributed by atoms with Crippen LogP contribution in [0, 0.1) is 0 Å². The number of aromatic amines is 1. The van der Waals surface area contributed by atoms with Crippen LogP contribution in [0.25, 0.3) is 11.1 Å². The number of pyridine rings is 1. The molecule has 0 unspecified atom stereocenters. The van der Waals surface area contributed by atoms with Crippen LogP contribution in [-0.2, 0) is 0 Å². The largest absolute Gasteiger partial charge is 0.496 e. The molecule has 0 aliphatic rings. The second-order valence-corrected chi connectivity index (χ2v) is 4.39. The van der Waals surface area contributed by atoms with Crippen LogP contribution in [0.1, 0.15) is 0 Å². The van der Waals surface area contributed by atoms with Gasteiger partial charge in [0.2, 0.25) is 5.56 Å². The Labute approximate surface area is 107 Å². The van der Waals surface area contributed by atoms with E-state index in [1.807, 2.05) is 18.2 Å². The summed E-state index contributed by atoms with van der Waals surface area (Å²) < 4.78 is 5.97. The highest BCUT2D eigenvalue weighted by atomic mass is 79.9. The Morgan fingerprint density at radius 2 is 2.00 bits per heavy atom. The van der Waals surface area contributed by atoms with Gasteiger partial charge in [0.05, 0.1) is 11.6 Å². The van der Waals surface area contributed by atoms with Crippen LogP contribution in [0.4, 0.5) is 5.82 Å². The van der Waals surface area contributed by atoms with Crippen molar-refractivity contribution in [2.24, 2.45) is 0 Å². The van der Waals surface area contributed by atoms with Crippen LogP contribution in [0.2, 0.25) is 0 Å². The molecule has 0 fully saturated rings. The minimum atomic E-state index is -0.216. The molecule has 0 amide bonds. The van der Waals surface area contributed by atoms with Crippen molar-refractivity contribution >= 4 is 21.7 Å². The number of nitrogens with two attached hydrogens (primary N) is 1. The van der Waals surface area contributed by atoms with Gasteiger partial charge in [-0.25, -0.2) is 0 Å². The number of nitrogen functional groups attached to an aromatic ring is 1. The fraction of sp³-hybridized carbons (Fsp3) is 0.0833. The van der Waals surface area contributed by atoms with Gasteiger partial charge in [-0.3, -0.25) is 4.79 Å². The molecule has 1 heterocycles. The predicted octanol–water partition coefficient (Wildman–Crippen LogP) is 2.40. The van der Waals surface area contributed by atoms with Crippen LogP contribution in [-0.4, -0.2) is 12.1 Å². The number of hydrogen-bond donors (Lipinski definition) is 2. The highest BCUT2D eigenvalue weighted by Gasteiger charge is 2.04. The molecule has 0 radical (unpaired) electrons. The first kappa shape index (κ1) is 11.7. The molecule has 3 N–H and O–H groups in total. The van der Waals surface area contributed by atoms with Crippen molar-refractivity contribution in [3.63, 3.8) is 0 Å². The fourth-order valence-corrected chi connectivity index (χ4v) is 2.12. The van der Waals surface area contributed by atoms with Gasteiger partial charge in [-0.2, -0.15) is 0 Å². The highest BCUT2D eigenvalue weighted by molar-refractivity contribution is 9.10. The molecule has 1 aromatic carbocycles. The maximum Gasteiger partial charge on any atom is 0.250 e. The third kappa shape index (κ3) is 2.50. The van der Waals surface area contributed by atoms with Crippen LogP contribution < -0.4 is 16.0 Å². The molecule has 0 aliphatic carbocycles. The summed E-state index contributed by atoms with van der Waals surface area (Å²) in [7, 11) is 1.60. The number of rotatable bonds is 2. The van der Waals surface area contributed by atoms with Gasteiger partial charge in [0.15, 0.2) is 0 Å². The normalized spacial score (nSPS) is 10.2. The van der Waals surface area contributed by atoms with E-state index in [-0.39, 0.29) is 5.56 Å². The molecule has 0 saturated heterocycles. The van der Waals surface area contributed by atoms with Crippen molar-refractivity contribution in [3.05, 3.63) is 45.2 Å². The molecule has 0 saturated carbocycles. The van der Waals surface area contributed by atoms with Crippen LogP contribution in [0.3, 0.4) is 0 Å². The Morgan fingerprint density at radius 1 is 1.24 bits per heavy atom. The highest BCUT2D eigenvalue weighted by Crippen LogP contribution is 2.30. The second kappa shape index (κ2) is 4.63. The molecule has 88 valence electrons. The van der Waals surface area contributed by atoms with E-state index >= 15 is 0 Å². The number of H-pyrrole nitrogens is 1. The van der Waals surface area contributed by atoms with E-state index in [2.05, 4.69) is 20.9 Å². The molecule has 2 aromatic rings. The Hall–Kier alpha value is -1.75. The average Bonchev–Trinajstić information content (AvgIpc) is 2.27. The summed E-state index contributed by atoms with van der Waals surface area (Å²) in [4.78, 5) is 13.8. The SMILES string of the molecule is COc1ccc(-c2cc(N)[nH]c(=O)c2)cc1Br. The lowest BCUT2D eigenvalue weighted by atomic mass is 10.1. The maximum absolute atomic E-state index is 11.3. The molecule has 0 aliphatic heterocycles. The summed E-state index contributed by atoms with van der Waals surface area (Å²) in [6.45, 7) is 0. The lowest BCUT2D eigenvalue weighted by Gasteiger charge is -2.06. The molecule has 17 heavy (non-hydrogen) atoms. The summed E-state index contributed by atoms with van der Waals surface area (Å²) >= 11 is 3.40. The van der Waals surface area contributed by atoms with E-state index in [9.17, 15) is 4.79 Å². The summed E-state index contributed by atoms with van der Waals surface area (Å²) in [5.41, 5.74) is 7.05. The number of benzene rings is 1.